The minimum atomic E-state index is -0.349. The minimum Gasteiger partial charge on any atom is -0.372 e. The Labute approximate surface area is 124 Å². The van der Waals surface area contributed by atoms with Crippen molar-refractivity contribution in [3.05, 3.63) is 50.6 Å². The van der Waals surface area contributed by atoms with E-state index < -0.39 is 0 Å². The summed E-state index contributed by atoms with van der Waals surface area (Å²) in [5.74, 6) is 1.01. The molecule has 0 saturated heterocycles. The van der Waals surface area contributed by atoms with Crippen molar-refractivity contribution >= 4 is 33.3 Å². The first-order valence-electron chi connectivity index (χ1n) is 5.66. The van der Waals surface area contributed by atoms with E-state index in [0.717, 1.165) is 21.5 Å². The molecule has 6 heteroatoms. The zero-order valence-corrected chi connectivity index (χ0v) is 12.8. The number of benzene rings is 1. The molecule has 1 heterocycles. The van der Waals surface area contributed by atoms with Crippen LogP contribution in [-0.4, -0.2) is 17.0 Å². The normalized spacial score (nSPS) is 10.6. The summed E-state index contributed by atoms with van der Waals surface area (Å²) >= 11 is 9.42. The van der Waals surface area contributed by atoms with Crippen molar-refractivity contribution in [1.82, 2.24) is 9.97 Å². The first-order valence-corrected chi connectivity index (χ1v) is 6.83. The van der Waals surface area contributed by atoms with Gasteiger partial charge in [0.25, 0.3) is 0 Å². The zero-order chi connectivity index (χ0) is 14.0. The Balaban J connectivity index is 2.35. The van der Waals surface area contributed by atoms with Crippen molar-refractivity contribution in [3.63, 3.8) is 0 Å². The predicted molar refractivity (Wildman–Crippen MR) is 78.2 cm³/mol. The first kappa shape index (κ1) is 14.2. The molecule has 0 aliphatic carbocycles. The van der Waals surface area contributed by atoms with Gasteiger partial charge in [0.2, 0.25) is 0 Å². The SMILES string of the molecule is CNc1nc(Cc2ccc(F)cc2Cl)nc(C)c1Br. The highest BCUT2D eigenvalue weighted by atomic mass is 79.9. The van der Waals surface area contributed by atoms with Gasteiger partial charge in [0.15, 0.2) is 0 Å². The van der Waals surface area contributed by atoms with Crippen LogP contribution in [0.1, 0.15) is 17.1 Å². The summed E-state index contributed by atoms with van der Waals surface area (Å²) < 4.78 is 13.8. The summed E-state index contributed by atoms with van der Waals surface area (Å²) in [6.45, 7) is 1.89. The fourth-order valence-electron chi connectivity index (χ4n) is 1.70. The lowest BCUT2D eigenvalue weighted by molar-refractivity contribution is 0.627. The number of halogens is 3. The molecule has 0 radical (unpaired) electrons. The highest BCUT2D eigenvalue weighted by molar-refractivity contribution is 9.10. The molecule has 0 atom stereocenters. The summed E-state index contributed by atoms with van der Waals surface area (Å²) in [6.07, 6.45) is 0.460. The maximum Gasteiger partial charge on any atom is 0.144 e. The van der Waals surface area contributed by atoms with Gasteiger partial charge in [-0.15, -0.1) is 0 Å². The minimum absolute atomic E-state index is 0.349. The summed E-state index contributed by atoms with van der Waals surface area (Å²) in [7, 11) is 1.79. The smallest absolute Gasteiger partial charge is 0.144 e. The van der Waals surface area contributed by atoms with Crippen LogP contribution in [0, 0.1) is 12.7 Å². The van der Waals surface area contributed by atoms with Crippen LogP contribution in [0.15, 0.2) is 22.7 Å². The van der Waals surface area contributed by atoms with Gasteiger partial charge in [-0.25, -0.2) is 14.4 Å². The molecule has 1 aromatic carbocycles. The lowest BCUT2D eigenvalue weighted by Gasteiger charge is -2.09. The molecule has 0 aliphatic heterocycles. The average molecular weight is 345 g/mol. The Kier molecular flexibility index (Phi) is 4.37. The predicted octanol–water partition coefficient (Wildman–Crippen LogP) is 3.97. The lowest BCUT2D eigenvalue weighted by atomic mass is 10.1. The van der Waals surface area contributed by atoms with Gasteiger partial charge >= 0.3 is 0 Å². The molecule has 3 nitrogen and oxygen atoms in total. The van der Waals surface area contributed by atoms with Gasteiger partial charge in [-0.2, -0.15) is 0 Å². The van der Waals surface area contributed by atoms with E-state index in [-0.39, 0.29) is 5.82 Å². The van der Waals surface area contributed by atoms with Crippen molar-refractivity contribution < 1.29 is 4.39 Å². The fraction of sp³-hybridized carbons (Fsp3) is 0.231. The van der Waals surface area contributed by atoms with Gasteiger partial charge in [0.05, 0.1) is 10.2 Å². The largest absolute Gasteiger partial charge is 0.372 e. The van der Waals surface area contributed by atoms with E-state index in [0.29, 0.717) is 17.3 Å². The average Bonchev–Trinajstić information content (AvgIpc) is 2.37. The highest BCUT2D eigenvalue weighted by Crippen LogP contribution is 2.25. The molecule has 19 heavy (non-hydrogen) atoms. The molecule has 0 unspecified atom stereocenters. The number of nitrogens with one attached hydrogen (secondary N) is 1. The molecule has 1 N–H and O–H groups in total. The maximum absolute atomic E-state index is 13.0. The monoisotopic (exact) mass is 343 g/mol. The summed E-state index contributed by atoms with van der Waals surface area (Å²) in [4.78, 5) is 8.78. The van der Waals surface area contributed by atoms with Crippen molar-refractivity contribution in [2.24, 2.45) is 0 Å². The second-order valence-electron chi connectivity index (χ2n) is 4.05. The highest BCUT2D eigenvalue weighted by Gasteiger charge is 2.10. The molecule has 0 bridgehead atoms. The fourth-order valence-corrected chi connectivity index (χ4v) is 2.31. The number of hydrogen-bond donors (Lipinski definition) is 1. The number of nitrogens with zero attached hydrogens (tertiary/aromatic N) is 2. The van der Waals surface area contributed by atoms with Crippen LogP contribution in [0.25, 0.3) is 0 Å². The van der Waals surface area contributed by atoms with Gasteiger partial charge in [0, 0.05) is 18.5 Å². The quantitative estimate of drug-likeness (QED) is 0.915. The van der Waals surface area contributed by atoms with Gasteiger partial charge in [0.1, 0.15) is 17.5 Å². The van der Waals surface area contributed by atoms with E-state index in [2.05, 4.69) is 31.2 Å². The number of aryl methyl sites for hydroxylation is 1. The third-order valence-electron chi connectivity index (χ3n) is 2.66. The molecule has 0 aliphatic rings. The summed E-state index contributed by atoms with van der Waals surface area (Å²) in [6, 6.07) is 4.32. The molecular weight excluding hydrogens is 333 g/mol. The van der Waals surface area contributed by atoms with Crippen LogP contribution >= 0.6 is 27.5 Å². The Bertz CT molecular complexity index is 619. The molecule has 0 saturated carbocycles. The molecule has 2 aromatic rings. The van der Waals surface area contributed by atoms with Gasteiger partial charge in [-0.3, -0.25) is 0 Å². The van der Waals surface area contributed by atoms with Gasteiger partial charge in [-0.05, 0) is 40.5 Å². The second-order valence-corrected chi connectivity index (χ2v) is 5.25. The van der Waals surface area contributed by atoms with Crippen molar-refractivity contribution in [1.29, 1.82) is 0 Å². The van der Waals surface area contributed by atoms with Crippen LogP contribution in [0.2, 0.25) is 5.02 Å². The Morgan fingerprint density at radius 3 is 2.74 bits per heavy atom. The van der Waals surface area contributed by atoms with Crippen molar-refractivity contribution in [2.45, 2.75) is 13.3 Å². The topological polar surface area (TPSA) is 37.8 Å². The molecular formula is C13H12BrClFN3. The van der Waals surface area contributed by atoms with Crippen LogP contribution in [0.3, 0.4) is 0 Å². The van der Waals surface area contributed by atoms with E-state index in [1.165, 1.54) is 12.1 Å². The van der Waals surface area contributed by atoms with Crippen molar-refractivity contribution in [2.75, 3.05) is 12.4 Å². The maximum atomic E-state index is 13.0. The van der Waals surface area contributed by atoms with E-state index in [1.807, 2.05) is 6.92 Å². The lowest BCUT2D eigenvalue weighted by Crippen LogP contribution is -2.04. The van der Waals surface area contributed by atoms with E-state index in [4.69, 9.17) is 11.6 Å². The van der Waals surface area contributed by atoms with E-state index >= 15 is 0 Å². The standard InChI is InChI=1S/C13H12BrClFN3/c1-7-12(14)13(17-2)19-11(18-7)5-8-3-4-9(16)6-10(8)15/h3-4,6H,5H2,1-2H3,(H,17,18,19). The molecule has 1 aromatic heterocycles. The van der Waals surface area contributed by atoms with Crippen molar-refractivity contribution in [3.8, 4) is 0 Å². The van der Waals surface area contributed by atoms with Gasteiger partial charge in [-0.1, -0.05) is 17.7 Å². The Morgan fingerprint density at radius 1 is 1.37 bits per heavy atom. The second kappa shape index (κ2) is 5.84. The first-order chi connectivity index (χ1) is 9.01. The van der Waals surface area contributed by atoms with Crippen LogP contribution in [-0.2, 0) is 6.42 Å². The molecule has 0 amide bonds. The number of hydrogen-bond acceptors (Lipinski definition) is 3. The third-order valence-corrected chi connectivity index (χ3v) is 3.96. The Morgan fingerprint density at radius 2 is 2.11 bits per heavy atom. The zero-order valence-electron chi connectivity index (χ0n) is 10.5. The molecule has 100 valence electrons. The Hall–Kier alpha value is -1.20. The van der Waals surface area contributed by atoms with E-state index in [1.54, 1.807) is 13.1 Å². The van der Waals surface area contributed by atoms with Gasteiger partial charge < -0.3 is 5.32 Å². The number of rotatable bonds is 3. The third kappa shape index (κ3) is 3.22. The molecule has 0 fully saturated rings. The number of aromatic nitrogens is 2. The summed E-state index contributed by atoms with van der Waals surface area (Å²) in [5, 5.41) is 3.38. The number of anilines is 1. The summed E-state index contributed by atoms with van der Waals surface area (Å²) in [5.41, 5.74) is 1.64. The van der Waals surface area contributed by atoms with Crippen LogP contribution < -0.4 is 5.32 Å². The molecule has 2 rings (SSSR count). The van der Waals surface area contributed by atoms with E-state index in [9.17, 15) is 4.39 Å². The molecule has 0 spiro atoms. The van der Waals surface area contributed by atoms with Crippen LogP contribution in [0.4, 0.5) is 10.2 Å². The van der Waals surface area contributed by atoms with Crippen LogP contribution in [0.5, 0.6) is 0 Å².